The minimum atomic E-state index is -0.378. The van der Waals surface area contributed by atoms with Gasteiger partial charge in [-0.05, 0) is 91.5 Å². The molecule has 6 rings (SSSR count). The molecular formula is C33H44BrN2O-. The van der Waals surface area contributed by atoms with E-state index in [4.69, 9.17) is 5.32 Å². The van der Waals surface area contributed by atoms with Crippen LogP contribution in [0, 0.1) is 29.1 Å². The van der Waals surface area contributed by atoms with Gasteiger partial charge in [0.2, 0.25) is 0 Å². The Morgan fingerprint density at radius 3 is 2.62 bits per heavy atom. The smallest absolute Gasteiger partial charge is 0.0785 e. The molecule has 1 fully saturated rings. The lowest BCUT2D eigenvalue weighted by atomic mass is 9.67. The number of alkyl halides is 1. The first-order valence-electron chi connectivity index (χ1n) is 14.8. The van der Waals surface area contributed by atoms with Gasteiger partial charge in [-0.25, -0.2) is 0 Å². The largest absolute Gasteiger partial charge is 0.663 e. The Hall–Kier alpha value is -1.52. The van der Waals surface area contributed by atoms with Gasteiger partial charge in [0.25, 0.3) is 0 Å². The maximum absolute atomic E-state index is 11.8. The average molecular weight is 565 g/mol. The Labute approximate surface area is 232 Å². The van der Waals surface area contributed by atoms with E-state index in [2.05, 4.69) is 90.2 Å². The van der Waals surface area contributed by atoms with Crippen molar-refractivity contribution in [3.63, 3.8) is 0 Å². The maximum Gasteiger partial charge on any atom is 0.0785 e. The Balaban J connectivity index is 1.41. The predicted molar refractivity (Wildman–Crippen MR) is 157 cm³/mol. The molecule has 6 aliphatic rings. The fourth-order valence-corrected chi connectivity index (χ4v) is 8.38. The van der Waals surface area contributed by atoms with Crippen LogP contribution in [0.1, 0.15) is 78.6 Å². The molecule has 8 unspecified atom stereocenters. The minimum Gasteiger partial charge on any atom is -0.663 e. The van der Waals surface area contributed by atoms with Crippen molar-refractivity contribution in [3.05, 3.63) is 76.5 Å². The average Bonchev–Trinajstić information content (AvgIpc) is 3.29. The number of allylic oxidation sites excluding steroid dienone is 8. The molecule has 0 amide bonds. The summed E-state index contributed by atoms with van der Waals surface area (Å²) in [5.74, 6) is 2.00. The molecule has 0 aromatic rings. The van der Waals surface area contributed by atoms with Gasteiger partial charge < -0.3 is 15.3 Å². The number of halogens is 1. The molecule has 5 aliphatic carbocycles. The van der Waals surface area contributed by atoms with Gasteiger partial charge in [0.1, 0.15) is 0 Å². The second kappa shape index (κ2) is 10.2. The van der Waals surface area contributed by atoms with Crippen LogP contribution in [0.25, 0.3) is 5.32 Å². The van der Waals surface area contributed by atoms with Gasteiger partial charge in [-0.15, -0.1) is 5.70 Å². The SMILES string of the molecule is CC(C)(C)C1C=CC(N2C3=C([N-]C2C2=CCC4CCCCC4C2O)C(Br)CC=C3)C(C2=CCCC=C2)C1. The van der Waals surface area contributed by atoms with Crippen molar-refractivity contribution in [2.45, 2.75) is 102 Å². The monoisotopic (exact) mass is 563 g/mol. The molecule has 1 heterocycles. The summed E-state index contributed by atoms with van der Waals surface area (Å²) in [6.07, 6.45) is 29.2. The molecule has 37 heavy (non-hydrogen) atoms. The van der Waals surface area contributed by atoms with Gasteiger partial charge in [-0.1, -0.05) is 92.1 Å². The summed E-state index contributed by atoms with van der Waals surface area (Å²) in [6, 6.07) is 0.230. The maximum atomic E-state index is 11.8. The van der Waals surface area contributed by atoms with Crippen LogP contribution in [-0.4, -0.2) is 33.1 Å². The summed E-state index contributed by atoms with van der Waals surface area (Å²) in [5, 5.41) is 17.2. The van der Waals surface area contributed by atoms with Crippen LogP contribution in [0.5, 0.6) is 0 Å². The first kappa shape index (κ1) is 25.7. The van der Waals surface area contributed by atoms with Crippen LogP contribution >= 0.6 is 15.9 Å². The summed E-state index contributed by atoms with van der Waals surface area (Å²) in [4.78, 5) is 2.84. The number of aliphatic hydroxyl groups excluding tert-OH is 1. The van der Waals surface area contributed by atoms with Gasteiger partial charge in [0, 0.05) is 16.4 Å². The summed E-state index contributed by atoms with van der Waals surface area (Å²) in [7, 11) is 0. The van der Waals surface area contributed by atoms with Crippen LogP contribution in [0.15, 0.2) is 71.1 Å². The fraction of sp³-hybridized carbons (Fsp3) is 0.636. The zero-order valence-electron chi connectivity index (χ0n) is 22.8. The van der Waals surface area contributed by atoms with Crippen LogP contribution in [0.3, 0.4) is 0 Å². The zero-order valence-corrected chi connectivity index (χ0v) is 24.4. The highest BCUT2D eigenvalue weighted by Crippen LogP contribution is 2.51. The highest BCUT2D eigenvalue weighted by atomic mass is 79.9. The first-order valence-corrected chi connectivity index (χ1v) is 15.7. The van der Waals surface area contributed by atoms with Gasteiger partial charge >= 0.3 is 0 Å². The van der Waals surface area contributed by atoms with E-state index in [1.54, 1.807) is 0 Å². The molecule has 1 N–H and O–H groups in total. The summed E-state index contributed by atoms with van der Waals surface area (Å²) in [5.41, 5.74) is 5.31. The number of aliphatic hydroxyl groups is 1. The Morgan fingerprint density at radius 2 is 1.84 bits per heavy atom. The number of hydrogen-bond acceptors (Lipinski definition) is 2. The van der Waals surface area contributed by atoms with Crippen molar-refractivity contribution in [1.82, 2.24) is 4.90 Å². The molecule has 0 bridgehead atoms. The predicted octanol–water partition coefficient (Wildman–Crippen LogP) is 8.32. The van der Waals surface area contributed by atoms with Crippen molar-refractivity contribution in [2.24, 2.45) is 29.1 Å². The third kappa shape index (κ3) is 4.75. The molecule has 0 spiro atoms. The third-order valence-corrected chi connectivity index (χ3v) is 10.8. The minimum absolute atomic E-state index is 0.109. The third-order valence-electron chi connectivity index (χ3n) is 10.00. The molecule has 1 aliphatic heterocycles. The Bertz CT molecular complexity index is 1070. The molecule has 1 saturated carbocycles. The Morgan fingerprint density at radius 1 is 1.00 bits per heavy atom. The van der Waals surface area contributed by atoms with E-state index in [0.29, 0.717) is 23.7 Å². The van der Waals surface area contributed by atoms with Crippen molar-refractivity contribution in [1.29, 1.82) is 0 Å². The normalized spacial score (nSPS) is 39.6. The highest BCUT2D eigenvalue weighted by Gasteiger charge is 2.43. The highest BCUT2D eigenvalue weighted by molar-refractivity contribution is 9.09. The van der Waals surface area contributed by atoms with Gasteiger partial charge in [-0.3, -0.25) is 0 Å². The van der Waals surface area contributed by atoms with Crippen molar-refractivity contribution in [2.75, 3.05) is 0 Å². The van der Waals surface area contributed by atoms with Crippen molar-refractivity contribution >= 4 is 15.9 Å². The molecular weight excluding hydrogens is 520 g/mol. The van der Waals surface area contributed by atoms with E-state index in [9.17, 15) is 5.11 Å². The van der Waals surface area contributed by atoms with Gasteiger partial charge in [-0.2, -0.15) is 0 Å². The summed E-state index contributed by atoms with van der Waals surface area (Å²) in [6.45, 7) is 7.13. The lowest BCUT2D eigenvalue weighted by Gasteiger charge is -2.51. The quantitative estimate of drug-likeness (QED) is 0.277. The standard InChI is InChI=1S/C33H44BrN2O/c1-33(2,3)23-17-19-28(26(20-23)21-10-5-4-6-11-21)36-29-15-9-14-27(34)30(29)35-32(36)25-18-16-22-12-7-8-13-24(22)31(25)37/h5,9-11,15,17-19,22-24,26-28,31-32,37H,4,6-8,12-14,16,20H2,1-3H3/q-1. The van der Waals surface area contributed by atoms with E-state index in [-0.39, 0.29) is 28.6 Å². The topological polar surface area (TPSA) is 37.6 Å². The van der Waals surface area contributed by atoms with E-state index in [0.717, 1.165) is 44.1 Å². The first-order chi connectivity index (χ1) is 17.8. The fourth-order valence-electron chi connectivity index (χ4n) is 7.81. The van der Waals surface area contributed by atoms with Gasteiger partial charge in [0.15, 0.2) is 0 Å². The molecule has 3 nitrogen and oxygen atoms in total. The molecule has 0 radical (unpaired) electrons. The molecule has 0 aromatic heterocycles. The molecule has 8 atom stereocenters. The second-order valence-corrected chi connectivity index (χ2v) is 14.4. The van der Waals surface area contributed by atoms with E-state index in [1.807, 2.05) is 0 Å². The molecule has 4 heteroatoms. The van der Waals surface area contributed by atoms with E-state index in [1.165, 1.54) is 36.2 Å². The van der Waals surface area contributed by atoms with E-state index >= 15 is 0 Å². The van der Waals surface area contributed by atoms with Crippen molar-refractivity contribution in [3.8, 4) is 0 Å². The number of hydrogen-bond donors (Lipinski definition) is 1. The lowest BCUT2D eigenvalue weighted by molar-refractivity contribution is 0.0519. The lowest BCUT2D eigenvalue weighted by Crippen LogP contribution is -2.49. The number of rotatable bonds is 3. The van der Waals surface area contributed by atoms with Gasteiger partial charge in [0.05, 0.1) is 12.1 Å². The molecule has 0 aromatic carbocycles. The zero-order chi connectivity index (χ0) is 25.7. The van der Waals surface area contributed by atoms with Crippen LogP contribution in [0.4, 0.5) is 0 Å². The van der Waals surface area contributed by atoms with E-state index < -0.39 is 0 Å². The summed E-state index contributed by atoms with van der Waals surface area (Å²) < 4.78 is 0. The number of nitrogens with zero attached hydrogens (tertiary/aromatic N) is 2. The van der Waals surface area contributed by atoms with Crippen LogP contribution < -0.4 is 0 Å². The Kier molecular flexibility index (Phi) is 7.11. The molecule has 0 saturated heterocycles. The second-order valence-electron chi connectivity index (χ2n) is 13.3. The van der Waals surface area contributed by atoms with Crippen LogP contribution in [0.2, 0.25) is 0 Å². The van der Waals surface area contributed by atoms with Crippen molar-refractivity contribution < 1.29 is 5.11 Å². The number of fused-ring (bicyclic) bond motifs is 1. The van der Waals surface area contributed by atoms with Crippen LogP contribution in [-0.2, 0) is 0 Å². The summed E-state index contributed by atoms with van der Waals surface area (Å²) >= 11 is 3.94. The molecule has 200 valence electrons.